The minimum absolute atomic E-state index is 0.865. The third-order valence-electron chi connectivity index (χ3n) is 12.2. The lowest BCUT2D eigenvalue weighted by atomic mass is 9.97. The molecule has 2 heterocycles. The van der Waals surface area contributed by atoms with Gasteiger partial charge in [-0.05, 0) is 123 Å². The second kappa shape index (κ2) is 14.3. The number of aromatic nitrogens is 1. The van der Waals surface area contributed by atoms with Crippen molar-refractivity contribution in [3.63, 3.8) is 0 Å². The van der Waals surface area contributed by atoms with E-state index < -0.39 is 0 Å². The maximum atomic E-state index is 6.41. The third-order valence-corrected chi connectivity index (χ3v) is 12.2. The standard InChI is InChI=1S/C58H38N2O/c1-2-13-42-37-46(27-26-39(42)12-1)44-15-9-14-43(36-44)40-28-32-47(33-29-40)59(55-23-11-25-57-58(55)52-20-5-8-24-56(52)61-57)48-34-30-41(31-35-48)45-16-10-17-49(38-45)60-53-21-6-3-18-50(53)51-19-4-7-22-54(51)60/h1-38H. The van der Waals surface area contributed by atoms with Gasteiger partial charge in [-0.3, -0.25) is 0 Å². The van der Waals surface area contributed by atoms with Gasteiger partial charge in [0.1, 0.15) is 11.2 Å². The number of furan rings is 1. The predicted octanol–water partition coefficient (Wildman–Crippen LogP) is 16.3. The van der Waals surface area contributed by atoms with Crippen molar-refractivity contribution in [3.8, 4) is 39.1 Å². The van der Waals surface area contributed by atoms with Crippen molar-refractivity contribution in [1.29, 1.82) is 0 Å². The topological polar surface area (TPSA) is 21.3 Å². The van der Waals surface area contributed by atoms with E-state index in [-0.39, 0.29) is 0 Å². The Hall–Kier alpha value is -8.14. The molecule has 0 amide bonds. The van der Waals surface area contributed by atoms with E-state index in [1.807, 2.05) is 12.1 Å². The number of hydrogen-bond acceptors (Lipinski definition) is 2. The molecule has 0 radical (unpaired) electrons. The SMILES string of the molecule is c1cc(-c2ccc(N(c3ccc(-c4cccc(-n5c6ccccc6c6ccccc65)c4)cc3)c3cccc4oc5ccccc5c34)cc2)cc(-c2ccc3ccccc3c2)c1. The van der Waals surface area contributed by atoms with Gasteiger partial charge < -0.3 is 13.9 Å². The molecule has 3 heteroatoms. The van der Waals surface area contributed by atoms with E-state index in [0.717, 1.165) is 61.4 Å². The average Bonchev–Trinajstić information content (AvgIpc) is 3.89. The fourth-order valence-corrected chi connectivity index (χ4v) is 9.25. The molecule has 0 bridgehead atoms. The smallest absolute Gasteiger partial charge is 0.137 e. The van der Waals surface area contributed by atoms with Crippen LogP contribution in [-0.4, -0.2) is 4.57 Å². The van der Waals surface area contributed by atoms with E-state index in [0.29, 0.717) is 0 Å². The molecule has 0 saturated carbocycles. The van der Waals surface area contributed by atoms with Gasteiger partial charge in [-0.1, -0.05) is 152 Å². The molecule has 0 unspecified atom stereocenters. The second-order valence-electron chi connectivity index (χ2n) is 15.7. The zero-order valence-electron chi connectivity index (χ0n) is 33.2. The maximum absolute atomic E-state index is 6.41. The van der Waals surface area contributed by atoms with Crippen LogP contribution in [-0.2, 0) is 0 Å². The minimum Gasteiger partial charge on any atom is -0.456 e. The van der Waals surface area contributed by atoms with Crippen molar-refractivity contribution in [1.82, 2.24) is 4.57 Å². The van der Waals surface area contributed by atoms with E-state index in [9.17, 15) is 0 Å². The molecule has 0 spiro atoms. The molecule has 0 fully saturated rings. The van der Waals surface area contributed by atoms with Gasteiger partial charge in [0, 0.05) is 33.2 Å². The first-order chi connectivity index (χ1) is 30.2. The first-order valence-electron chi connectivity index (χ1n) is 20.8. The molecular weight excluding hydrogens is 741 g/mol. The molecule has 0 aliphatic rings. The molecule has 0 aliphatic carbocycles. The zero-order chi connectivity index (χ0) is 40.3. The summed E-state index contributed by atoms with van der Waals surface area (Å²) in [7, 11) is 0. The van der Waals surface area contributed by atoms with Crippen LogP contribution in [0, 0.1) is 0 Å². The van der Waals surface area contributed by atoms with Crippen LogP contribution in [0.15, 0.2) is 235 Å². The molecule has 10 aromatic carbocycles. The van der Waals surface area contributed by atoms with Gasteiger partial charge in [-0.2, -0.15) is 0 Å². The number of nitrogens with zero attached hydrogens (tertiary/aromatic N) is 2. The van der Waals surface area contributed by atoms with Gasteiger partial charge in [-0.15, -0.1) is 0 Å². The Bertz CT molecular complexity index is 3540. The molecule has 0 saturated heterocycles. The number of rotatable bonds is 7. The highest BCUT2D eigenvalue weighted by molar-refractivity contribution is 6.13. The number of fused-ring (bicyclic) bond motifs is 7. The summed E-state index contributed by atoms with van der Waals surface area (Å²) in [6, 6.07) is 82.9. The largest absolute Gasteiger partial charge is 0.456 e. The van der Waals surface area contributed by atoms with Crippen molar-refractivity contribution >= 4 is 71.6 Å². The molecule has 2 aromatic heterocycles. The molecule has 3 nitrogen and oxygen atoms in total. The number of para-hydroxylation sites is 3. The molecule has 0 N–H and O–H groups in total. The first-order valence-corrected chi connectivity index (χ1v) is 20.8. The van der Waals surface area contributed by atoms with Crippen LogP contribution in [0.3, 0.4) is 0 Å². The summed E-state index contributed by atoms with van der Waals surface area (Å²) in [6.45, 7) is 0. The molecule has 12 rings (SSSR count). The third kappa shape index (κ3) is 5.98. The van der Waals surface area contributed by atoms with Gasteiger partial charge >= 0.3 is 0 Å². The fourth-order valence-electron chi connectivity index (χ4n) is 9.25. The highest BCUT2D eigenvalue weighted by Gasteiger charge is 2.20. The lowest BCUT2D eigenvalue weighted by molar-refractivity contribution is 0.669. The van der Waals surface area contributed by atoms with Gasteiger partial charge in [0.15, 0.2) is 0 Å². The van der Waals surface area contributed by atoms with E-state index in [1.165, 1.54) is 49.3 Å². The summed E-state index contributed by atoms with van der Waals surface area (Å²) in [5, 5.41) is 7.20. The normalized spacial score (nSPS) is 11.6. The van der Waals surface area contributed by atoms with E-state index in [4.69, 9.17) is 4.42 Å². The summed E-state index contributed by atoms with van der Waals surface area (Å²) < 4.78 is 8.79. The van der Waals surface area contributed by atoms with Crippen molar-refractivity contribution in [2.24, 2.45) is 0 Å². The molecular formula is C58H38N2O. The van der Waals surface area contributed by atoms with Crippen molar-refractivity contribution < 1.29 is 4.42 Å². The number of hydrogen-bond donors (Lipinski definition) is 0. The Kier molecular flexibility index (Phi) is 8.17. The number of anilines is 3. The Labute approximate surface area is 353 Å². The second-order valence-corrected chi connectivity index (χ2v) is 15.7. The Morgan fingerprint density at radius 1 is 0.328 bits per heavy atom. The molecule has 0 atom stereocenters. The monoisotopic (exact) mass is 778 g/mol. The van der Waals surface area contributed by atoms with Crippen molar-refractivity contribution in [2.75, 3.05) is 4.90 Å². The van der Waals surface area contributed by atoms with Crippen molar-refractivity contribution in [3.05, 3.63) is 231 Å². The highest BCUT2D eigenvalue weighted by Crippen LogP contribution is 2.44. The molecule has 61 heavy (non-hydrogen) atoms. The summed E-state index contributed by atoms with van der Waals surface area (Å²) in [6.07, 6.45) is 0. The van der Waals surface area contributed by atoms with Crippen LogP contribution in [0.5, 0.6) is 0 Å². The lowest BCUT2D eigenvalue weighted by Gasteiger charge is -2.26. The fraction of sp³-hybridized carbons (Fsp3) is 0. The van der Waals surface area contributed by atoms with Crippen LogP contribution in [0.25, 0.3) is 93.6 Å². The Morgan fingerprint density at radius 3 is 1.54 bits per heavy atom. The van der Waals surface area contributed by atoms with Gasteiger partial charge in [0.25, 0.3) is 0 Å². The van der Waals surface area contributed by atoms with Gasteiger partial charge in [0.05, 0.1) is 22.1 Å². The maximum Gasteiger partial charge on any atom is 0.137 e. The number of benzene rings is 10. The quantitative estimate of drug-likeness (QED) is 0.161. The van der Waals surface area contributed by atoms with E-state index in [1.54, 1.807) is 0 Å². The van der Waals surface area contributed by atoms with Crippen LogP contribution < -0.4 is 4.90 Å². The van der Waals surface area contributed by atoms with E-state index in [2.05, 4.69) is 228 Å². The van der Waals surface area contributed by atoms with Crippen LogP contribution in [0.2, 0.25) is 0 Å². The molecule has 286 valence electrons. The summed E-state index contributed by atoms with van der Waals surface area (Å²) >= 11 is 0. The minimum atomic E-state index is 0.865. The highest BCUT2D eigenvalue weighted by atomic mass is 16.3. The van der Waals surface area contributed by atoms with Crippen LogP contribution >= 0.6 is 0 Å². The average molecular weight is 779 g/mol. The Balaban J connectivity index is 0.939. The summed E-state index contributed by atoms with van der Waals surface area (Å²) in [5.74, 6) is 0. The molecule has 0 aliphatic heterocycles. The zero-order valence-corrected chi connectivity index (χ0v) is 33.2. The van der Waals surface area contributed by atoms with Gasteiger partial charge in [-0.25, -0.2) is 0 Å². The van der Waals surface area contributed by atoms with Crippen LogP contribution in [0.1, 0.15) is 0 Å². The lowest BCUT2D eigenvalue weighted by Crippen LogP contribution is -2.10. The molecule has 12 aromatic rings. The van der Waals surface area contributed by atoms with Crippen molar-refractivity contribution in [2.45, 2.75) is 0 Å². The van der Waals surface area contributed by atoms with Gasteiger partial charge in [0.2, 0.25) is 0 Å². The van der Waals surface area contributed by atoms with Crippen LogP contribution in [0.4, 0.5) is 17.1 Å². The summed E-state index contributed by atoms with van der Waals surface area (Å²) in [5.41, 5.74) is 15.6. The van der Waals surface area contributed by atoms with E-state index >= 15 is 0 Å². The Morgan fingerprint density at radius 2 is 0.836 bits per heavy atom. The summed E-state index contributed by atoms with van der Waals surface area (Å²) in [4.78, 5) is 2.36. The first kappa shape index (κ1) is 34.9. The predicted molar refractivity (Wildman–Crippen MR) is 257 cm³/mol.